The maximum absolute atomic E-state index is 13.2. The number of alkyl halides is 1. The van der Waals surface area contributed by atoms with E-state index in [1.807, 2.05) is 19.1 Å². The third kappa shape index (κ3) is 2.57. The van der Waals surface area contributed by atoms with E-state index in [-0.39, 0.29) is 4.83 Å². The molecule has 0 aliphatic rings. The SMILES string of the molecule is Cc1c(Cl)cccc1C(Br)c1ccc(F)c(F)c1. The van der Waals surface area contributed by atoms with Crippen LogP contribution in [0.15, 0.2) is 36.4 Å². The van der Waals surface area contributed by atoms with Crippen molar-refractivity contribution < 1.29 is 8.78 Å². The topological polar surface area (TPSA) is 0 Å². The molecule has 0 radical (unpaired) electrons. The molecule has 0 amide bonds. The molecule has 2 aromatic rings. The first kappa shape index (κ1) is 13.5. The lowest BCUT2D eigenvalue weighted by Crippen LogP contribution is -1.98. The van der Waals surface area contributed by atoms with Gasteiger partial charge >= 0.3 is 0 Å². The molecule has 2 rings (SSSR count). The molecule has 0 bridgehead atoms. The Morgan fingerprint density at radius 2 is 1.83 bits per heavy atom. The Labute approximate surface area is 118 Å². The van der Waals surface area contributed by atoms with E-state index in [0.29, 0.717) is 10.6 Å². The molecular weight excluding hydrogens is 322 g/mol. The Morgan fingerprint density at radius 3 is 2.50 bits per heavy atom. The minimum absolute atomic E-state index is 0.216. The molecule has 0 saturated heterocycles. The summed E-state index contributed by atoms with van der Waals surface area (Å²) in [6.45, 7) is 1.89. The number of hydrogen-bond acceptors (Lipinski definition) is 0. The van der Waals surface area contributed by atoms with Crippen molar-refractivity contribution in [2.75, 3.05) is 0 Å². The van der Waals surface area contributed by atoms with Gasteiger partial charge in [-0.3, -0.25) is 0 Å². The van der Waals surface area contributed by atoms with Gasteiger partial charge in [0.1, 0.15) is 0 Å². The third-order valence-electron chi connectivity index (χ3n) is 2.82. The Bertz CT molecular complexity index is 584. The predicted molar refractivity (Wildman–Crippen MR) is 73.3 cm³/mol. The van der Waals surface area contributed by atoms with Gasteiger partial charge in [0, 0.05) is 5.02 Å². The van der Waals surface area contributed by atoms with Crippen molar-refractivity contribution in [3.63, 3.8) is 0 Å². The second-order valence-electron chi connectivity index (χ2n) is 3.99. The second kappa shape index (κ2) is 5.37. The lowest BCUT2D eigenvalue weighted by Gasteiger charge is -2.14. The molecule has 0 aromatic heterocycles. The zero-order valence-corrected chi connectivity index (χ0v) is 11.9. The lowest BCUT2D eigenvalue weighted by atomic mass is 10.0. The number of hydrogen-bond donors (Lipinski definition) is 0. The average Bonchev–Trinajstić information content (AvgIpc) is 2.35. The molecule has 0 aliphatic heterocycles. The van der Waals surface area contributed by atoms with Crippen molar-refractivity contribution in [2.45, 2.75) is 11.8 Å². The summed E-state index contributed by atoms with van der Waals surface area (Å²) in [6.07, 6.45) is 0. The number of benzene rings is 2. The van der Waals surface area contributed by atoms with Crippen LogP contribution < -0.4 is 0 Å². The fourth-order valence-electron chi connectivity index (χ4n) is 1.75. The minimum Gasteiger partial charge on any atom is -0.204 e. The van der Waals surface area contributed by atoms with Crippen molar-refractivity contribution in [1.29, 1.82) is 0 Å². The zero-order chi connectivity index (χ0) is 13.3. The van der Waals surface area contributed by atoms with E-state index in [1.54, 1.807) is 12.1 Å². The monoisotopic (exact) mass is 330 g/mol. The first-order chi connectivity index (χ1) is 8.50. The van der Waals surface area contributed by atoms with Crippen LogP contribution >= 0.6 is 27.5 Å². The summed E-state index contributed by atoms with van der Waals surface area (Å²) in [4.78, 5) is -0.216. The van der Waals surface area contributed by atoms with Gasteiger partial charge < -0.3 is 0 Å². The Balaban J connectivity index is 2.44. The maximum Gasteiger partial charge on any atom is 0.159 e. The largest absolute Gasteiger partial charge is 0.204 e. The maximum atomic E-state index is 13.2. The van der Waals surface area contributed by atoms with Crippen LogP contribution in [0.5, 0.6) is 0 Å². The first-order valence-electron chi connectivity index (χ1n) is 5.34. The Kier molecular flexibility index (Phi) is 4.03. The molecule has 94 valence electrons. The molecule has 0 heterocycles. The van der Waals surface area contributed by atoms with Gasteiger partial charge in [-0.25, -0.2) is 8.78 Å². The molecule has 0 nitrogen and oxygen atoms in total. The van der Waals surface area contributed by atoms with Crippen molar-refractivity contribution in [3.8, 4) is 0 Å². The summed E-state index contributed by atoms with van der Waals surface area (Å²) < 4.78 is 26.1. The molecule has 0 N–H and O–H groups in total. The summed E-state index contributed by atoms with van der Waals surface area (Å²) >= 11 is 9.54. The van der Waals surface area contributed by atoms with Crippen molar-refractivity contribution in [2.24, 2.45) is 0 Å². The molecule has 1 atom stereocenters. The molecule has 4 heteroatoms. The highest BCUT2D eigenvalue weighted by molar-refractivity contribution is 9.09. The van der Waals surface area contributed by atoms with Gasteiger partial charge in [-0.15, -0.1) is 0 Å². The smallest absolute Gasteiger partial charge is 0.159 e. The molecule has 1 unspecified atom stereocenters. The van der Waals surface area contributed by atoms with E-state index in [9.17, 15) is 8.78 Å². The van der Waals surface area contributed by atoms with E-state index in [0.717, 1.165) is 17.2 Å². The number of halogens is 4. The highest BCUT2D eigenvalue weighted by Gasteiger charge is 2.15. The second-order valence-corrected chi connectivity index (χ2v) is 5.31. The van der Waals surface area contributed by atoms with E-state index in [4.69, 9.17) is 11.6 Å². The zero-order valence-electron chi connectivity index (χ0n) is 9.55. The van der Waals surface area contributed by atoms with Crippen LogP contribution in [0.1, 0.15) is 21.5 Å². The van der Waals surface area contributed by atoms with Crippen LogP contribution in [0.3, 0.4) is 0 Å². The molecule has 0 fully saturated rings. The molecule has 18 heavy (non-hydrogen) atoms. The summed E-state index contributed by atoms with van der Waals surface area (Å²) in [5, 5.41) is 0.652. The van der Waals surface area contributed by atoms with E-state index in [2.05, 4.69) is 15.9 Å². The number of rotatable bonds is 2. The van der Waals surface area contributed by atoms with Crippen LogP contribution in [-0.4, -0.2) is 0 Å². The standard InChI is InChI=1S/C14H10BrClF2/c1-8-10(3-2-4-11(8)16)14(15)9-5-6-12(17)13(18)7-9/h2-7,14H,1H3. The minimum atomic E-state index is -0.850. The predicted octanol–water partition coefficient (Wildman–Crippen LogP) is 5.41. The molecular formula is C14H10BrClF2. The van der Waals surface area contributed by atoms with Gasteiger partial charge in [0.25, 0.3) is 0 Å². The third-order valence-corrected chi connectivity index (χ3v) is 4.25. The van der Waals surface area contributed by atoms with Crippen LogP contribution in [0.2, 0.25) is 5.02 Å². The van der Waals surface area contributed by atoms with Gasteiger partial charge in [-0.05, 0) is 41.8 Å². The van der Waals surface area contributed by atoms with E-state index in [1.165, 1.54) is 6.07 Å². The van der Waals surface area contributed by atoms with Crippen molar-refractivity contribution in [1.82, 2.24) is 0 Å². The normalized spacial score (nSPS) is 12.5. The Morgan fingerprint density at radius 1 is 1.11 bits per heavy atom. The summed E-state index contributed by atoms with van der Waals surface area (Å²) in [5.74, 6) is -1.70. The molecule has 0 aliphatic carbocycles. The quantitative estimate of drug-likeness (QED) is 0.645. The molecule has 2 aromatic carbocycles. The Hall–Kier alpha value is -0.930. The molecule has 0 spiro atoms. The van der Waals surface area contributed by atoms with Crippen LogP contribution in [-0.2, 0) is 0 Å². The van der Waals surface area contributed by atoms with Crippen molar-refractivity contribution in [3.05, 3.63) is 69.7 Å². The van der Waals surface area contributed by atoms with Gasteiger partial charge in [-0.2, -0.15) is 0 Å². The van der Waals surface area contributed by atoms with Gasteiger partial charge in [0.15, 0.2) is 11.6 Å². The van der Waals surface area contributed by atoms with Gasteiger partial charge in [0.2, 0.25) is 0 Å². The summed E-state index contributed by atoms with van der Waals surface area (Å²) in [7, 11) is 0. The van der Waals surface area contributed by atoms with Gasteiger partial charge in [-0.1, -0.05) is 45.7 Å². The summed E-state index contributed by atoms with van der Waals surface area (Å²) in [5.41, 5.74) is 2.51. The van der Waals surface area contributed by atoms with Crippen LogP contribution in [0.25, 0.3) is 0 Å². The fraction of sp³-hybridized carbons (Fsp3) is 0.143. The highest BCUT2D eigenvalue weighted by atomic mass is 79.9. The van der Waals surface area contributed by atoms with Crippen LogP contribution in [0.4, 0.5) is 8.78 Å². The van der Waals surface area contributed by atoms with E-state index >= 15 is 0 Å². The lowest BCUT2D eigenvalue weighted by molar-refractivity contribution is 0.507. The van der Waals surface area contributed by atoms with Crippen molar-refractivity contribution >= 4 is 27.5 Å². The van der Waals surface area contributed by atoms with Crippen LogP contribution in [0, 0.1) is 18.6 Å². The summed E-state index contributed by atoms with van der Waals surface area (Å²) in [6, 6.07) is 9.40. The van der Waals surface area contributed by atoms with E-state index < -0.39 is 11.6 Å². The first-order valence-corrected chi connectivity index (χ1v) is 6.64. The van der Waals surface area contributed by atoms with Gasteiger partial charge in [0.05, 0.1) is 4.83 Å². The molecule has 0 saturated carbocycles. The average molecular weight is 332 g/mol. The highest BCUT2D eigenvalue weighted by Crippen LogP contribution is 2.35. The fourth-order valence-corrected chi connectivity index (χ4v) is 2.71.